The normalized spacial score (nSPS) is 19.6. The van der Waals surface area contributed by atoms with Crippen molar-refractivity contribution >= 4 is 17.6 Å². The smallest absolute Gasteiger partial charge is 0.352 e. The summed E-state index contributed by atoms with van der Waals surface area (Å²) in [6.07, 6.45) is -0.730. The molecular weight excluding hydrogens is 394 g/mol. The first-order chi connectivity index (χ1) is 15.1. The summed E-state index contributed by atoms with van der Waals surface area (Å²) in [5.74, 6) is -1.62. The standard InChI is InChI=1S/C25H23NO5/c1-29-23(27)25(24(28)30-2)21(18-12-6-3-7-13-18)26(20-16-10-5-11-17-20)22(31-25)19-14-8-4-9-15-19/h3-17,21-22H,1-2H3/t21-,22+/m1/s1. The number of ether oxygens (including phenoxy) is 3. The van der Waals surface area contributed by atoms with Crippen LogP contribution in [0.25, 0.3) is 0 Å². The van der Waals surface area contributed by atoms with Crippen molar-refractivity contribution in [3.63, 3.8) is 0 Å². The minimum absolute atomic E-state index is 0.723. The molecule has 0 N–H and O–H groups in total. The van der Waals surface area contributed by atoms with Gasteiger partial charge in [-0.25, -0.2) is 9.59 Å². The van der Waals surface area contributed by atoms with Gasteiger partial charge in [-0.3, -0.25) is 0 Å². The van der Waals surface area contributed by atoms with Crippen molar-refractivity contribution in [3.8, 4) is 0 Å². The molecule has 0 aliphatic carbocycles. The van der Waals surface area contributed by atoms with Crippen molar-refractivity contribution in [2.75, 3.05) is 19.1 Å². The SMILES string of the molecule is COC(=O)C1(C(=O)OC)O[C@@H](c2ccccc2)N(c2ccccc2)[C@@H]1c1ccccc1. The van der Waals surface area contributed by atoms with E-state index < -0.39 is 29.8 Å². The molecule has 1 saturated heterocycles. The molecule has 1 heterocycles. The zero-order valence-corrected chi connectivity index (χ0v) is 17.3. The molecule has 0 bridgehead atoms. The fraction of sp³-hybridized carbons (Fsp3) is 0.200. The van der Waals surface area contributed by atoms with Gasteiger partial charge in [0.2, 0.25) is 0 Å². The van der Waals surface area contributed by atoms with Gasteiger partial charge < -0.3 is 19.1 Å². The fourth-order valence-corrected chi connectivity index (χ4v) is 4.10. The molecule has 31 heavy (non-hydrogen) atoms. The van der Waals surface area contributed by atoms with Crippen LogP contribution < -0.4 is 4.90 Å². The van der Waals surface area contributed by atoms with Gasteiger partial charge in [-0.15, -0.1) is 0 Å². The fourth-order valence-electron chi connectivity index (χ4n) is 4.10. The summed E-state index contributed by atoms with van der Waals surface area (Å²) in [4.78, 5) is 28.3. The van der Waals surface area contributed by atoms with Gasteiger partial charge in [0, 0.05) is 11.3 Å². The number of nitrogens with zero attached hydrogens (tertiary/aromatic N) is 1. The molecule has 158 valence electrons. The molecule has 0 radical (unpaired) electrons. The highest BCUT2D eigenvalue weighted by Crippen LogP contribution is 2.52. The van der Waals surface area contributed by atoms with Crippen LogP contribution in [0.4, 0.5) is 5.69 Å². The summed E-state index contributed by atoms with van der Waals surface area (Å²) < 4.78 is 16.5. The number of carbonyl (C=O) groups excluding carboxylic acids is 2. The third-order valence-corrected chi connectivity index (χ3v) is 5.45. The number of hydrogen-bond acceptors (Lipinski definition) is 6. The molecule has 1 aliphatic rings. The molecule has 6 nitrogen and oxygen atoms in total. The highest BCUT2D eigenvalue weighted by atomic mass is 16.6. The van der Waals surface area contributed by atoms with Crippen molar-refractivity contribution in [2.24, 2.45) is 0 Å². The predicted octanol–water partition coefficient (Wildman–Crippen LogP) is 4.05. The summed E-state index contributed by atoms with van der Waals surface area (Å²) in [7, 11) is 2.47. The van der Waals surface area contributed by atoms with E-state index in [9.17, 15) is 9.59 Å². The van der Waals surface area contributed by atoms with Crippen molar-refractivity contribution in [1.82, 2.24) is 0 Å². The molecule has 0 aromatic heterocycles. The van der Waals surface area contributed by atoms with Crippen LogP contribution in [-0.2, 0) is 23.8 Å². The largest absolute Gasteiger partial charge is 0.466 e. The second-order valence-corrected chi connectivity index (χ2v) is 7.16. The van der Waals surface area contributed by atoms with Crippen LogP contribution in [0.5, 0.6) is 0 Å². The zero-order chi connectivity index (χ0) is 21.8. The van der Waals surface area contributed by atoms with E-state index >= 15 is 0 Å². The maximum Gasteiger partial charge on any atom is 0.352 e. The Bertz CT molecular complexity index is 1020. The summed E-state index contributed by atoms with van der Waals surface area (Å²) in [6.45, 7) is 0. The minimum atomic E-state index is -2.01. The van der Waals surface area contributed by atoms with Crippen LogP contribution in [0.15, 0.2) is 91.0 Å². The Morgan fingerprint density at radius 1 is 0.742 bits per heavy atom. The van der Waals surface area contributed by atoms with Crippen molar-refractivity contribution in [3.05, 3.63) is 102 Å². The van der Waals surface area contributed by atoms with Crippen LogP contribution in [-0.4, -0.2) is 31.8 Å². The zero-order valence-electron chi connectivity index (χ0n) is 17.3. The van der Waals surface area contributed by atoms with Crippen molar-refractivity contribution in [1.29, 1.82) is 0 Å². The monoisotopic (exact) mass is 417 g/mol. The number of benzene rings is 3. The molecule has 0 unspecified atom stereocenters. The summed E-state index contributed by atoms with van der Waals surface area (Å²) in [6, 6.07) is 27.5. The first-order valence-corrected chi connectivity index (χ1v) is 9.91. The van der Waals surface area contributed by atoms with E-state index in [1.807, 2.05) is 95.9 Å². The van der Waals surface area contributed by atoms with E-state index in [1.54, 1.807) is 0 Å². The third-order valence-electron chi connectivity index (χ3n) is 5.45. The Balaban J connectivity index is 2.01. The lowest BCUT2D eigenvalue weighted by molar-refractivity contribution is -0.187. The number of carbonyl (C=O) groups is 2. The quantitative estimate of drug-likeness (QED) is 0.461. The van der Waals surface area contributed by atoms with E-state index in [4.69, 9.17) is 14.2 Å². The predicted molar refractivity (Wildman–Crippen MR) is 115 cm³/mol. The van der Waals surface area contributed by atoms with Crippen LogP contribution >= 0.6 is 0 Å². The topological polar surface area (TPSA) is 65.1 Å². The molecule has 6 heteroatoms. The molecule has 3 aromatic rings. The lowest BCUT2D eigenvalue weighted by Crippen LogP contribution is -2.53. The van der Waals surface area contributed by atoms with Gasteiger partial charge in [-0.2, -0.15) is 0 Å². The van der Waals surface area contributed by atoms with E-state index in [1.165, 1.54) is 14.2 Å². The van der Waals surface area contributed by atoms with Gasteiger partial charge in [0.1, 0.15) is 6.04 Å². The molecule has 1 aliphatic heterocycles. The maximum atomic E-state index is 13.2. The van der Waals surface area contributed by atoms with E-state index in [-0.39, 0.29) is 0 Å². The Labute approximate surface area is 181 Å². The van der Waals surface area contributed by atoms with E-state index in [0.29, 0.717) is 0 Å². The van der Waals surface area contributed by atoms with Gasteiger partial charge in [0.15, 0.2) is 6.23 Å². The van der Waals surface area contributed by atoms with Gasteiger partial charge in [0.25, 0.3) is 5.60 Å². The summed E-state index contributed by atoms with van der Waals surface area (Å²) in [5.41, 5.74) is 0.295. The third kappa shape index (κ3) is 3.45. The molecule has 1 fully saturated rings. The Kier molecular flexibility index (Phi) is 5.73. The summed E-state index contributed by atoms with van der Waals surface area (Å²) in [5, 5.41) is 0. The number of esters is 2. The second kappa shape index (κ2) is 8.62. The Hall–Kier alpha value is -3.64. The molecular formula is C25H23NO5. The summed E-state index contributed by atoms with van der Waals surface area (Å²) >= 11 is 0. The van der Waals surface area contributed by atoms with E-state index in [0.717, 1.165) is 16.8 Å². The average Bonchev–Trinajstić information content (AvgIpc) is 3.22. The molecule has 4 rings (SSSR count). The number of para-hydroxylation sites is 1. The van der Waals surface area contributed by atoms with Gasteiger partial charge >= 0.3 is 11.9 Å². The maximum absolute atomic E-state index is 13.2. The van der Waals surface area contributed by atoms with Crippen LogP contribution in [0.3, 0.4) is 0 Å². The highest BCUT2D eigenvalue weighted by Gasteiger charge is 2.66. The minimum Gasteiger partial charge on any atom is -0.466 e. The van der Waals surface area contributed by atoms with Crippen LogP contribution in [0, 0.1) is 0 Å². The van der Waals surface area contributed by atoms with Crippen LogP contribution in [0.1, 0.15) is 23.4 Å². The van der Waals surface area contributed by atoms with Gasteiger partial charge in [-0.1, -0.05) is 78.9 Å². The van der Waals surface area contributed by atoms with Crippen molar-refractivity contribution < 1.29 is 23.8 Å². The molecule has 3 aromatic carbocycles. The van der Waals surface area contributed by atoms with Gasteiger partial charge in [-0.05, 0) is 17.7 Å². The Morgan fingerprint density at radius 3 is 1.68 bits per heavy atom. The number of hydrogen-bond donors (Lipinski definition) is 0. The Morgan fingerprint density at radius 2 is 1.19 bits per heavy atom. The average molecular weight is 417 g/mol. The lowest BCUT2D eigenvalue weighted by atomic mass is 9.87. The van der Waals surface area contributed by atoms with Crippen LogP contribution in [0.2, 0.25) is 0 Å². The van der Waals surface area contributed by atoms with E-state index in [2.05, 4.69) is 0 Å². The molecule has 0 saturated carbocycles. The van der Waals surface area contributed by atoms with Gasteiger partial charge in [0.05, 0.1) is 14.2 Å². The van der Waals surface area contributed by atoms with Crippen molar-refractivity contribution in [2.45, 2.75) is 17.9 Å². The highest BCUT2D eigenvalue weighted by molar-refractivity contribution is 6.06. The molecule has 2 atom stereocenters. The molecule has 0 amide bonds. The number of methoxy groups -OCH3 is 2. The molecule has 0 spiro atoms. The first-order valence-electron chi connectivity index (χ1n) is 9.91. The first kappa shape index (κ1) is 20.6. The second-order valence-electron chi connectivity index (χ2n) is 7.16. The lowest BCUT2D eigenvalue weighted by Gasteiger charge is -2.33. The number of anilines is 1. The number of rotatable bonds is 5.